The summed E-state index contributed by atoms with van der Waals surface area (Å²) < 4.78 is 5.84. The van der Waals surface area contributed by atoms with Crippen LogP contribution in [0.3, 0.4) is 0 Å². The van der Waals surface area contributed by atoms with Crippen LogP contribution in [-0.4, -0.2) is 11.5 Å². The van der Waals surface area contributed by atoms with Crippen molar-refractivity contribution in [2.45, 2.75) is 32.8 Å². The van der Waals surface area contributed by atoms with E-state index in [-0.39, 0.29) is 0 Å². The Kier molecular flexibility index (Phi) is 3.42. The predicted molar refractivity (Wildman–Crippen MR) is 79.2 cm³/mol. The van der Waals surface area contributed by atoms with Crippen molar-refractivity contribution in [2.75, 3.05) is 11.9 Å². The molecule has 0 spiro atoms. The third-order valence-electron chi connectivity index (χ3n) is 3.27. The van der Waals surface area contributed by atoms with Crippen LogP contribution in [0.15, 0.2) is 24.3 Å². The topological polar surface area (TPSA) is 34.1 Å². The lowest BCUT2D eigenvalue weighted by Crippen LogP contribution is -1.98. The van der Waals surface area contributed by atoms with Crippen molar-refractivity contribution in [3.63, 3.8) is 0 Å². The monoisotopic (exact) mass is 274 g/mol. The fourth-order valence-corrected chi connectivity index (χ4v) is 3.13. The van der Waals surface area contributed by atoms with E-state index in [0.717, 1.165) is 29.5 Å². The van der Waals surface area contributed by atoms with Gasteiger partial charge in [-0.15, -0.1) is 11.3 Å². The molecule has 0 saturated carbocycles. The van der Waals surface area contributed by atoms with Crippen LogP contribution in [0.25, 0.3) is 0 Å². The van der Waals surface area contributed by atoms with Crippen molar-refractivity contribution < 1.29 is 4.74 Å². The van der Waals surface area contributed by atoms with E-state index in [1.165, 1.54) is 10.4 Å². The van der Waals surface area contributed by atoms with Gasteiger partial charge in [-0.1, -0.05) is 26.0 Å². The molecule has 19 heavy (non-hydrogen) atoms. The fraction of sp³-hybridized carbons (Fsp3) is 0.400. The van der Waals surface area contributed by atoms with Gasteiger partial charge in [0.25, 0.3) is 0 Å². The highest BCUT2D eigenvalue weighted by Crippen LogP contribution is 2.29. The molecule has 0 fully saturated rings. The van der Waals surface area contributed by atoms with Crippen LogP contribution in [0.4, 0.5) is 5.82 Å². The second-order valence-corrected chi connectivity index (χ2v) is 6.24. The SMILES string of the molecule is CC(C)c1cccc(OCc2nc3c(s2)CCN3)c1. The lowest BCUT2D eigenvalue weighted by Gasteiger charge is -2.09. The number of rotatable bonds is 4. The number of benzene rings is 1. The molecule has 1 N–H and O–H groups in total. The summed E-state index contributed by atoms with van der Waals surface area (Å²) in [5, 5.41) is 4.33. The van der Waals surface area contributed by atoms with Gasteiger partial charge in [-0.2, -0.15) is 0 Å². The minimum atomic E-state index is 0.524. The minimum Gasteiger partial charge on any atom is -0.486 e. The zero-order chi connectivity index (χ0) is 13.2. The van der Waals surface area contributed by atoms with Gasteiger partial charge in [-0.05, 0) is 23.6 Å². The zero-order valence-corrected chi connectivity index (χ0v) is 12.1. The summed E-state index contributed by atoms with van der Waals surface area (Å²) in [6.45, 7) is 5.96. The molecular weight excluding hydrogens is 256 g/mol. The van der Waals surface area contributed by atoms with E-state index in [9.17, 15) is 0 Å². The maximum Gasteiger partial charge on any atom is 0.140 e. The molecule has 0 saturated heterocycles. The van der Waals surface area contributed by atoms with Gasteiger partial charge in [-0.3, -0.25) is 0 Å². The zero-order valence-electron chi connectivity index (χ0n) is 11.3. The molecule has 1 aromatic heterocycles. The molecule has 0 unspecified atom stereocenters. The highest BCUT2D eigenvalue weighted by atomic mass is 32.1. The van der Waals surface area contributed by atoms with E-state index in [0.29, 0.717) is 12.5 Å². The van der Waals surface area contributed by atoms with Crippen LogP contribution in [0.5, 0.6) is 5.75 Å². The van der Waals surface area contributed by atoms with Gasteiger partial charge in [0, 0.05) is 13.0 Å². The van der Waals surface area contributed by atoms with Crippen LogP contribution >= 0.6 is 11.3 Å². The van der Waals surface area contributed by atoms with Crippen LogP contribution in [0, 0.1) is 0 Å². The van der Waals surface area contributed by atoms with E-state index in [4.69, 9.17) is 4.74 Å². The van der Waals surface area contributed by atoms with Gasteiger partial charge in [0.1, 0.15) is 23.2 Å². The van der Waals surface area contributed by atoms with Crippen LogP contribution in [-0.2, 0) is 13.0 Å². The smallest absolute Gasteiger partial charge is 0.140 e. The summed E-state index contributed by atoms with van der Waals surface area (Å²) in [5.41, 5.74) is 1.31. The highest BCUT2D eigenvalue weighted by Gasteiger charge is 2.16. The van der Waals surface area contributed by atoms with Gasteiger partial charge >= 0.3 is 0 Å². The molecule has 2 heterocycles. The lowest BCUT2D eigenvalue weighted by molar-refractivity contribution is 0.305. The first-order valence-corrected chi connectivity index (χ1v) is 7.49. The van der Waals surface area contributed by atoms with Crippen molar-refractivity contribution >= 4 is 17.2 Å². The summed E-state index contributed by atoms with van der Waals surface area (Å²) in [6, 6.07) is 8.31. The Morgan fingerprint density at radius 1 is 1.42 bits per heavy atom. The average molecular weight is 274 g/mol. The number of anilines is 1. The number of fused-ring (bicyclic) bond motifs is 1. The maximum absolute atomic E-state index is 5.84. The Bertz CT molecular complexity index is 556. The molecule has 0 radical (unpaired) electrons. The molecule has 1 aliphatic rings. The summed E-state index contributed by atoms with van der Waals surface area (Å²) in [7, 11) is 0. The average Bonchev–Trinajstić information content (AvgIpc) is 2.97. The van der Waals surface area contributed by atoms with Crippen molar-refractivity contribution in [1.29, 1.82) is 0 Å². The number of hydrogen-bond donors (Lipinski definition) is 1. The number of nitrogens with one attached hydrogen (secondary N) is 1. The molecule has 100 valence electrons. The molecule has 2 aromatic rings. The van der Waals surface area contributed by atoms with Crippen LogP contribution in [0.2, 0.25) is 0 Å². The van der Waals surface area contributed by atoms with Gasteiger partial charge in [0.15, 0.2) is 0 Å². The highest BCUT2D eigenvalue weighted by molar-refractivity contribution is 7.12. The van der Waals surface area contributed by atoms with Crippen molar-refractivity contribution in [2.24, 2.45) is 0 Å². The number of nitrogens with zero attached hydrogens (tertiary/aromatic N) is 1. The number of thiazole rings is 1. The predicted octanol–water partition coefficient (Wildman–Crippen LogP) is 3.81. The van der Waals surface area contributed by atoms with Crippen LogP contribution in [0.1, 0.15) is 35.2 Å². The fourth-order valence-electron chi connectivity index (χ4n) is 2.17. The van der Waals surface area contributed by atoms with Gasteiger partial charge < -0.3 is 10.1 Å². The van der Waals surface area contributed by atoms with Gasteiger partial charge in [0.05, 0.1) is 4.88 Å². The first kappa shape index (κ1) is 12.5. The Hall–Kier alpha value is -1.55. The molecule has 3 rings (SSSR count). The Morgan fingerprint density at radius 2 is 2.32 bits per heavy atom. The molecule has 1 aromatic carbocycles. The van der Waals surface area contributed by atoms with E-state index >= 15 is 0 Å². The van der Waals surface area contributed by atoms with Gasteiger partial charge in [0.2, 0.25) is 0 Å². The van der Waals surface area contributed by atoms with Crippen molar-refractivity contribution in [3.05, 3.63) is 39.7 Å². The molecule has 4 heteroatoms. The molecule has 3 nitrogen and oxygen atoms in total. The molecule has 0 aliphatic carbocycles. The summed E-state index contributed by atoms with van der Waals surface area (Å²) in [4.78, 5) is 5.90. The quantitative estimate of drug-likeness (QED) is 0.920. The second kappa shape index (κ2) is 5.21. The molecule has 0 amide bonds. The second-order valence-electron chi connectivity index (χ2n) is 5.07. The Morgan fingerprint density at radius 3 is 3.11 bits per heavy atom. The van der Waals surface area contributed by atoms with Crippen LogP contribution < -0.4 is 10.1 Å². The standard InChI is InChI=1S/C15H18N2OS/c1-10(2)11-4-3-5-12(8-11)18-9-14-17-15-13(19-14)6-7-16-15/h3-5,8,10,16H,6-7,9H2,1-2H3. The van der Waals surface area contributed by atoms with E-state index in [2.05, 4.69) is 36.3 Å². The normalized spacial score (nSPS) is 13.4. The largest absolute Gasteiger partial charge is 0.486 e. The third-order valence-corrected chi connectivity index (χ3v) is 4.36. The summed E-state index contributed by atoms with van der Waals surface area (Å²) >= 11 is 1.75. The van der Waals surface area contributed by atoms with Crippen molar-refractivity contribution in [1.82, 2.24) is 4.98 Å². The first-order valence-electron chi connectivity index (χ1n) is 6.67. The van der Waals surface area contributed by atoms with Crippen molar-refractivity contribution in [3.8, 4) is 5.75 Å². The minimum absolute atomic E-state index is 0.524. The maximum atomic E-state index is 5.84. The molecular formula is C15H18N2OS. The number of aromatic nitrogens is 1. The molecule has 1 aliphatic heterocycles. The lowest BCUT2D eigenvalue weighted by atomic mass is 10.0. The van der Waals surface area contributed by atoms with E-state index in [1.54, 1.807) is 11.3 Å². The van der Waals surface area contributed by atoms with E-state index in [1.807, 2.05) is 12.1 Å². The number of ether oxygens (including phenoxy) is 1. The van der Waals surface area contributed by atoms with Gasteiger partial charge in [-0.25, -0.2) is 4.98 Å². The van der Waals surface area contributed by atoms with E-state index < -0.39 is 0 Å². The Balaban J connectivity index is 1.66. The first-order chi connectivity index (χ1) is 9.22. The number of hydrogen-bond acceptors (Lipinski definition) is 4. The molecule has 0 bridgehead atoms. The summed E-state index contributed by atoms with van der Waals surface area (Å²) in [6.07, 6.45) is 1.09. The summed E-state index contributed by atoms with van der Waals surface area (Å²) in [5.74, 6) is 2.51. The Labute approximate surface area is 117 Å². The molecule has 0 atom stereocenters. The third kappa shape index (κ3) is 2.73.